The SMILES string of the molecule is Cc1cc(C(=O)Nc2ccc([C@H]3CNCCO3)cc2)cc(Cl)n1. The molecule has 2 N–H and O–H groups in total. The Morgan fingerprint density at radius 2 is 2.13 bits per heavy atom. The number of hydrogen-bond donors (Lipinski definition) is 2. The predicted molar refractivity (Wildman–Crippen MR) is 89.9 cm³/mol. The van der Waals surface area contributed by atoms with Gasteiger partial charge in [-0.2, -0.15) is 0 Å². The summed E-state index contributed by atoms with van der Waals surface area (Å²) in [6, 6.07) is 11.0. The van der Waals surface area contributed by atoms with Crippen LogP contribution in [0.2, 0.25) is 5.15 Å². The molecular weight excluding hydrogens is 314 g/mol. The summed E-state index contributed by atoms with van der Waals surface area (Å²) in [5, 5.41) is 6.47. The Kier molecular flexibility index (Phi) is 4.91. The van der Waals surface area contributed by atoms with Gasteiger partial charge in [0.15, 0.2) is 0 Å². The van der Waals surface area contributed by atoms with Crippen LogP contribution in [0.4, 0.5) is 5.69 Å². The topological polar surface area (TPSA) is 63.2 Å². The second kappa shape index (κ2) is 7.08. The first kappa shape index (κ1) is 15.9. The number of anilines is 1. The average molecular weight is 332 g/mol. The Bertz CT molecular complexity index is 677. The third kappa shape index (κ3) is 4.07. The molecule has 1 atom stereocenters. The number of amides is 1. The number of carbonyl (C=O) groups is 1. The highest BCUT2D eigenvalue weighted by Gasteiger charge is 2.15. The molecule has 0 bridgehead atoms. The molecule has 6 heteroatoms. The molecule has 23 heavy (non-hydrogen) atoms. The summed E-state index contributed by atoms with van der Waals surface area (Å²) in [4.78, 5) is 16.3. The molecular formula is C17H18ClN3O2. The fourth-order valence-corrected chi connectivity index (χ4v) is 2.77. The van der Waals surface area contributed by atoms with E-state index in [1.165, 1.54) is 0 Å². The Morgan fingerprint density at radius 3 is 2.78 bits per heavy atom. The molecule has 5 nitrogen and oxygen atoms in total. The molecule has 0 spiro atoms. The van der Waals surface area contributed by atoms with Crippen molar-refractivity contribution in [3.63, 3.8) is 0 Å². The molecule has 1 amide bonds. The number of carbonyl (C=O) groups excluding carboxylic acids is 1. The van der Waals surface area contributed by atoms with Crippen LogP contribution in [0.1, 0.15) is 27.7 Å². The Hall–Kier alpha value is -1.95. The fraction of sp³-hybridized carbons (Fsp3) is 0.294. The van der Waals surface area contributed by atoms with Crippen LogP contribution in [0, 0.1) is 6.92 Å². The minimum atomic E-state index is -0.208. The van der Waals surface area contributed by atoms with Gasteiger partial charge in [-0.15, -0.1) is 0 Å². The molecule has 0 unspecified atom stereocenters. The Labute approximate surface area is 140 Å². The van der Waals surface area contributed by atoms with Crippen molar-refractivity contribution in [2.24, 2.45) is 0 Å². The van der Waals surface area contributed by atoms with E-state index in [1.54, 1.807) is 19.1 Å². The zero-order chi connectivity index (χ0) is 16.2. The van der Waals surface area contributed by atoms with Crippen molar-refractivity contribution in [3.8, 4) is 0 Å². The van der Waals surface area contributed by atoms with E-state index in [2.05, 4.69) is 15.6 Å². The number of benzene rings is 1. The van der Waals surface area contributed by atoms with E-state index in [4.69, 9.17) is 16.3 Å². The van der Waals surface area contributed by atoms with Crippen LogP contribution in [-0.2, 0) is 4.74 Å². The third-order valence-electron chi connectivity index (χ3n) is 3.65. The average Bonchev–Trinajstić information content (AvgIpc) is 2.55. The maximum atomic E-state index is 12.3. The van der Waals surface area contributed by atoms with Crippen LogP contribution in [0.15, 0.2) is 36.4 Å². The number of rotatable bonds is 3. The maximum Gasteiger partial charge on any atom is 0.255 e. The zero-order valence-electron chi connectivity index (χ0n) is 12.8. The van der Waals surface area contributed by atoms with Gasteiger partial charge < -0.3 is 15.4 Å². The van der Waals surface area contributed by atoms with Gasteiger partial charge in [0.1, 0.15) is 5.15 Å². The molecule has 0 aliphatic carbocycles. The van der Waals surface area contributed by atoms with Crippen LogP contribution < -0.4 is 10.6 Å². The summed E-state index contributed by atoms with van der Waals surface area (Å²) in [6.07, 6.45) is 0.0650. The van der Waals surface area contributed by atoms with E-state index in [0.29, 0.717) is 23.0 Å². The number of nitrogens with zero attached hydrogens (tertiary/aromatic N) is 1. The lowest BCUT2D eigenvalue weighted by molar-refractivity contribution is 0.0277. The number of hydrogen-bond acceptors (Lipinski definition) is 4. The molecule has 1 aliphatic rings. The monoisotopic (exact) mass is 331 g/mol. The van der Waals surface area contributed by atoms with E-state index in [1.807, 2.05) is 24.3 Å². The molecule has 3 rings (SSSR count). The standard InChI is InChI=1S/C17H18ClN3O2/c1-11-8-13(9-16(18)20-11)17(22)21-14-4-2-12(3-5-14)15-10-19-6-7-23-15/h2-5,8-9,15,19H,6-7,10H2,1H3,(H,21,22)/t15-/m1/s1. The number of aryl methyl sites for hydroxylation is 1. The van der Waals surface area contributed by atoms with E-state index < -0.39 is 0 Å². The predicted octanol–water partition coefficient (Wildman–Crippen LogP) is 2.96. The van der Waals surface area contributed by atoms with Gasteiger partial charge in [-0.3, -0.25) is 4.79 Å². The number of morpholine rings is 1. The summed E-state index contributed by atoms with van der Waals surface area (Å²) < 4.78 is 5.71. The molecule has 0 saturated carbocycles. The molecule has 0 radical (unpaired) electrons. The second-order valence-electron chi connectivity index (χ2n) is 5.46. The highest BCUT2D eigenvalue weighted by Crippen LogP contribution is 2.21. The van der Waals surface area contributed by atoms with Gasteiger partial charge in [0.25, 0.3) is 5.91 Å². The number of halogens is 1. The van der Waals surface area contributed by atoms with Gasteiger partial charge in [-0.1, -0.05) is 23.7 Å². The first-order valence-corrected chi connectivity index (χ1v) is 7.87. The molecule has 1 aromatic heterocycles. The van der Waals surface area contributed by atoms with E-state index in [9.17, 15) is 4.79 Å². The van der Waals surface area contributed by atoms with Crippen LogP contribution in [0.5, 0.6) is 0 Å². The normalized spacial score (nSPS) is 17.7. The summed E-state index contributed by atoms with van der Waals surface area (Å²) in [6.45, 7) is 4.21. The lowest BCUT2D eigenvalue weighted by Crippen LogP contribution is -2.33. The number of pyridine rings is 1. The zero-order valence-corrected chi connectivity index (χ0v) is 13.6. The molecule has 2 heterocycles. The number of nitrogens with one attached hydrogen (secondary N) is 2. The van der Waals surface area contributed by atoms with Gasteiger partial charge in [0, 0.05) is 30.0 Å². The lowest BCUT2D eigenvalue weighted by Gasteiger charge is -2.24. The van der Waals surface area contributed by atoms with Gasteiger partial charge in [0.05, 0.1) is 12.7 Å². The fourth-order valence-electron chi connectivity index (χ4n) is 2.52. The molecule has 1 aliphatic heterocycles. The molecule has 1 aromatic carbocycles. The van der Waals surface area contributed by atoms with E-state index in [0.717, 1.165) is 24.3 Å². The molecule has 1 fully saturated rings. The summed E-state index contributed by atoms with van der Waals surface area (Å²) >= 11 is 5.89. The van der Waals surface area contributed by atoms with Crippen molar-refractivity contribution in [1.82, 2.24) is 10.3 Å². The molecule has 1 saturated heterocycles. The van der Waals surface area contributed by atoms with Gasteiger partial charge in [-0.05, 0) is 36.8 Å². The maximum absolute atomic E-state index is 12.3. The van der Waals surface area contributed by atoms with E-state index >= 15 is 0 Å². The van der Waals surface area contributed by atoms with Crippen LogP contribution in [0.25, 0.3) is 0 Å². The van der Waals surface area contributed by atoms with Crippen LogP contribution >= 0.6 is 11.6 Å². The van der Waals surface area contributed by atoms with Gasteiger partial charge >= 0.3 is 0 Å². The first-order chi connectivity index (χ1) is 11.1. The van der Waals surface area contributed by atoms with Crippen molar-refractivity contribution in [2.75, 3.05) is 25.0 Å². The van der Waals surface area contributed by atoms with Crippen molar-refractivity contribution in [1.29, 1.82) is 0 Å². The van der Waals surface area contributed by atoms with Crippen molar-refractivity contribution < 1.29 is 9.53 Å². The van der Waals surface area contributed by atoms with Crippen molar-refractivity contribution in [2.45, 2.75) is 13.0 Å². The highest BCUT2D eigenvalue weighted by atomic mass is 35.5. The first-order valence-electron chi connectivity index (χ1n) is 7.49. The minimum Gasteiger partial charge on any atom is -0.371 e. The summed E-state index contributed by atoms with van der Waals surface area (Å²) in [5.41, 5.74) is 3.03. The molecule has 2 aromatic rings. The quantitative estimate of drug-likeness (QED) is 0.849. The smallest absolute Gasteiger partial charge is 0.255 e. The van der Waals surface area contributed by atoms with Crippen molar-refractivity contribution in [3.05, 3.63) is 58.4 Å². The van der Waals surface area contributed by atoms with Crippen LogP contribution in [-0.4, -0.2) is 30.6 Å². The van der Waals surface area contributed by atoms with E-state index in [-0.39, 0.29) is 12.0 Å². The van der Waals surface area contributed by atoms with Gasteiger partial charge in [-0.25, -0.2) is 4.98 Å². The van der Waals surface area contributed by atoms with Crippen molar-refractivity contribution >= 4 is 23.2 Å². The Morgan fingerprint density at radius 1 is 1.35 bits per heavy atom. The van der Waals surface area contributed by atoms with Crippen LogP contribution in [0.3, 0.4) is 0 Å². The number of ether oxygens (including phenoxy) is 1. The third-order valence-corrected chi connectivity index (χ3v) is 3.85. The lowest BCUT2D eigenvalue weighted by atomic mass is 10.1. The molecule has 120 valence electrons. The Balaban J connectivity index is 1.68. The second-order valence-corrected chi connectivity index (χ2v) is 5.85. The summed E-state index contributed by atoms with van der Waals surface area (Å²) in [7, 11) is 0. The van der Waals surface area contributed by atoms with Gasteiger partial charge in [0.2, 0.25) is 0 Å². The highest BCUT2D eigenvalue weighted by molar-refractivity contribution is 6.29. The number of aromatic nitrogens is 1. The minimum absolute atomic E-state index is 0.0650. The summed E-state index contributed by atoms with van der Waals surface area (Å²) in [5.74, 6) is -0.208. The largest absolute Gasteiger partial charge is 0.371 e.